The normalized spacial score (nSPS) is 13.4. The van der Waals surface area contributed by atoms with Crippen LogP contribution in [0.2, 0.25) is 0 Å². The van der Waals surface area contributed by atoms with E-state index in [1.54, 1.807) is 7.11 Å². The first-order chi connectivity index (χ1) is 14.2. The van der Waals surface area contributed by atoms with Crippen molar-refractivity contribution >= 4 is 5.91 Å². The van der Waals surface area contributed by atoms with Crippen LogP contribution in [0, 0.1) is 0 Å². The molecule has 1 amide bonds. The second-order valence-electron chi connectivity index (χ2n) is 7.26. The molecule has 0 bridgehead atoms. The van der Waals surface area contributed by atoms with Gasteiger partial charge in [0.15, 0.2) is 6.61 Å². The molecule has 0 saturated heterocycles. The second kappa shape index (κ2) is 8.82. The molecular weight excluding hydrogens is 362 g/mol. The minimum absolute atomic E-state index is 0.0156. The summed E-state index contributed by atoms with van der Waals surface area (Å²) in [7, 11) is 1.64. The van der Waals surface area contributed by atoms with Crippen molar-refractivity contribution < 1.29 is 14.3 Å². The number of carbonyl (C=O) groups excluding carboxylic acids is 1. The minimum Gasteiger partial charge on any atom is -0.497 e. The molecular formula is C25H25NO3. The Balaban J connectivity index is 1.46. The van der Waals surface area contributed by atoms with Gasteiger partial charge in [0.1, 0.15) is 11.5 Å². The van der Waals surface area contributed by atoms with Gasteiger partial charge in [-0.3, -0.25) is 4.79 Å². The van der Waals surface area contributed by atoms with Crippen molar-refractivity contribution in [1.82, 2.24) is 5.32 Å². The molecule has 4 heteroatoms. The fourth-order valence-electron chi connectivity index (χ4n) is 3.79. The number of carbonyl (C=O) groups is 1. The molecule has 0 radical (unpaired) electrons. The lowest BCUT2D eigenvalue weighted by atomic mass is 9.98. The molecule has 1 N–H and O–H groups in total. The molecule has 0 fully saturated rings. The Morgan fingerprint density at radius 3 is 2.34 bits per heavy atom. The fourth-order valence-corrected chi connectivity index (χ4v) is 3.79. The van der Waals surface area contributed by atoms with Crippen LogP contribution in [0.25, 0.3) is 0 Å². The molecule has 0 saturated carbocycles. The van der Waals surface area contributed by atoms with Crippen molar-refractivity contribution in [3.8, 4) is 11.5 Å². The number of methoxy groups -OCH3 is 1. The van der Waals surface area contributed by atoms with Crippen molar-refractivity contribution in [1.29, 1.82) is 0 Å². The van der Waals surface area contributed by atoms with E-state index >= 15 is 0 Å². The average Bonchev–Trinajstić information content (AvgIpc) is 3.25. The maximum atomic E-state index is 12.7. The van der Waals surface area contributed by atoms with Crippen LogP contribution in [0.1, 0.15) is 34.7 Å². The number of fused-ring (bicyclic) bond motifs is 1. The SMILES string of the molecule is COc1ccc(C(NC(=O)COc2ccc3c(c2)CCC3)c2ccccc2)cc1. The van der Waals surface area contributed by atoms with Gasteiger partial charge in [-0.05, 0) is 65.8 Å². The molecule has 3 aromatic rings. The van der Waals surface area contributed by atoms with Gasteiger partial charge in [0.05, 0.1) is 13.2 Å². The van der Waals surface area contributed by atoms with Crippen LogP contribution in [0.15, 0.2) is 72.8 Å². The Morgan fingerprint density at radius 1 is 0.897 bits per heavy atom. The molecule has 4 nitrogen and oxygen atoms in total. The summed E-state index contributed by atoms with van der Waals surface area (Å²) in [6.45, 7) is -0.0156. The van der Waals surface area contributed by atoms with E-state index in [0.29, 0.717) is 0 Å². The predicted octanol–water partition coefficient (Wildman–Crippen LogP) is 4.47. The number of rotatable bonds is 7. The molecule has 0 aromatic heterocycles. The van der Waals surface area contributed by atoms with Gasteiger partial charge in [0.25, 0.3) is 5.91 Å². The Morgan fingerprint density at radius 2 is 1.59 bits per heavy atom. The lowest BCUT2D eigenvalue weighted by Crippen LogP contribution is -2.33. The van der Waals surface area contributed by atoms with Crippen molar-refractivity contribution in [2.45, 2.75) is 25.3 Å². The summed E-state index contributed by atoms with van der Waals surface area (Å²) in [5.41, 5.74) is 4.74. The number of hydrogen-bond acceptors (Lipinski definition) is 3. The standard InChI is InChI=1S/C25H25NO3/c1-28-22-13-11-20(12-14-22)25(19-6-3-2-4-7-19)26-24(27)17-29-23-15-10-18-8-5-9-21(18)16-23/h2-4,6-7,10-16,25H,5,8-9,17H2,1H3,(H,26,27). The van der Waals surface area contributed by atoms with E-state index < -0.39 is 0 Å². The zero-order valence-corrected chi connectivity index (χ0v) is 16.6. The van der Waals surface area contributed by atoms with Gasteiger partial charge >= 0.3 is 0 Å². The molecule has 1 unspecified atom stereocenters. The van der Waals surface area contributed by atoms with Crippen LogP contribution < -0.4 is 14.8 Å². The summed E-state index contributed by atoms with van der Waals surface area (Å²) in [6.07, 6.45) is 3.42. The number of amides is 1. The highest BCUT2D eigenvalue weighted by Crippen LogP contribution is 2.26. The molecule has 29 heavy (non-hydrogen) atoms. The monoisotopic (exact) mass is 387 g/mol. The van der Waals surface area contributed by atoms with Crippen LogP contribution in [-0.2, 0) is 17.6 Å². The summed E-state index contributed by atoms with van der Waals surface area (Å²) < 4.78 is 11.0. The van der Waals surface area contributed by atoms with Crippen molar-refractivity contribution in [3.05, 3.63) is 95.1 Å². The summed E-state index contributed by atoms with van der Waals surface area (Å²) in [4.78, 5) is 12.7. The highest BCUT2D eigenvalue weighted by atomic mass is 16.5. The second-order valence-corrected chi connectivity index (χ2v) is 7.26. The number of benzene rings is 3. The Bertz CT molecular complexity index is 967. The zero-order valence-electron chi connectivity index (χ0n) is 16.6. The number of nitrogens with one attached hydrogen (secondary N) is 1. The van der Waals surface area contributed by atoms with Gasteiger partial charge in [-0.1, -0.05) is 48.5 Å². The maximum Gasteiger partial charge on any atom is 0.258 e. The Labute approximate surface area is 171 Å². The molecule has 0 aliphatic heterocycles. The van der Waals surface area contributed by atoms with Crippen molar-refractivity contribution in [3.63, 3.8) is 0 Å². The van der Waals surface area contributed by atoms with Gasteiger partial charge in [-0.25, -0.2) is 0 Å². The summed E-state index contributed by atoms with van der Waals surface area (Å²) in [5.74, 6) is 1.38. The third kappa shape index (κ3) is 4.60. The lowest BCUT2D eigenvalue weighted by molar-refractivity contribution is -0.123. The number of hydrogen-bond donors (Lipinski definition) is 1. The van der Waals surface area contributed by atoms with Gasteiger partial charge in [-0.2, -0.15) is 0 Å². The molecule has 0 spiro atoms. The highest BCUT2D eigenvalue weighted by Gasteiger charge is 2.18. The quantitative estimate of drug-likeness (QED) is 0.651. The van der Waals surface area contributed by atoms with E-state index in [1.165, 1.54) is 17.5 Å². The Hall–Kier alpha value is -3.27. The molecule has 4 rings (SSSR count). The van der Waals surface area contributed by atoms with Crippen LogP contribution >= 0.6 is 0 Å². The van der Waals surface area contributed by atoms with Gasteiger partial charge in [0, 0.05) is 0 Å². The Kier molecular flexibility index (Phi) is 5.80. The van der Waals surface area contributed by atoms with E-state index in [0.717, 1.165) is 35.5 Å². The topological polar surface area (TPSA) is 47.6 Å². The summed E-state index contributed by atoms with van der Waals surface area (Å²) in [5, 5.41) is 3.10. The molecule has 1 aliphatic rings. The smallest absolute Gasteiger partial charge is 0.258 e. The summed E-state index contributed by atoms with van der Waals surface area (Å²) in [6, 6.07) is 23.5. The first-order valence-electron chi connectivity index (χ1n) is 9.96. The number of ether oxygens (including phenoxy) is 2. The molecule has 148 valence electrons. The van der Waals surface area contributed by atoms with Crippen LogP contribution in [0.3, 0.4) is 0 Å². The lowest BCUT2D eigenvalue weighted by Gasteiger charge is -2.20. The van der Waals surface area contributed by atoms with Gasteiger partial charge in [-0.15, -0.1) is 0 Å². The van der Waals surface area contributed by atoms with Crippen LogP contribution in [0.4, 0.5) is 0 Å². The first kappa shape index (κ1) is 19.1. The van der Waals surface area contributed by atoms with Gasteiger partial charge in [0.2, 0.25) is 0 Å². The van der Waals surface area contributed by atoms with E-state index in [9.17, 15) is 4.79 Å². The van der Waals surface area contributed by atoms with E-state index in [1.807, 2.05) is 60.7 Å². The number of aryl methyl sites for hydroxylation is 2. The van der Waals surface area contributed by atoms with E-state index in [-0.39, 0.29) is 18.6 Å². The highest BCUT2D eigenvalue weighted by molar-refractivity contribution is 5.78. The van der Waals surface area contributed by atoms with E-state index in [2.05, 4.69) is 17.4 Å². The molecule has 1 atom stereocenters. The van der Waals surface area contributed by atoms with E-state index in [4.69, 9.17) is 9.47 Å². The fraction of sp³-hybridized carbons (Fsp3) is 0.240. The van der Waals surface area contributed by atoms with Crippen LogP contribution in [-0.4, -0.2) is 19.6 Å². The predicted molar refractivity (Wildman–Crippen MR) is 113 cm³/mol. The first-order valence-corrected chi connectivity index (χ1v) is 9.96. The van der Waals surface area contributed by atoms with Crippen LogP contribution in [0.5, 0.6) is 11.5 Å². The third-order valence-corrected chi connectivity index (χ3v) is 5.33. The molecule has 0 heterocycles. The van der Waals surface area contributed by atoms with Crippen molar-refractivity contribution in [2.75, 3.05) is 13.7 Å². The molecule has 1 aliphatic carbocycles. The van der Waals surface area contributed by atoms with Gasteiger partial charge < -0.3 is 14.8 Å². The summed E-state index contributed by atoms with van der Waals surface area (Å²) >= 11 is 0. The minimum atomic E-state index is -0.252. The average molecular weight is 387 g/mol. The maximum absolute atomic E-state index is 12.7. The molecule has 3 aromatic carbocycles. The largest absolute Gasteiger partial charge is 0.497 e. The van der Waals surface area contributed by atoms with Crippen molar-refractivity contribution in [2.24, 2.45) is 0 Å². The zero-order chi connectivity index (χ0) is 20.1. The third-order valence-electron chi connectivity index (χ3n) is 5.33.